The monoisotopic (exact) mass is 214 g/mol. The molecule has 0 radical (unpaired) electrons. The van der Waals surface area contributed by atoms with Gasteiger partial charge in [0.15, 0.2) is 0 Å². The van der Waals surface area contributed by atoms with Gasteiger partial charge < -0.3 is 5.11 Å². The van der Waals surface area contributed by atoms with Crippen molar-refractivity contribution in [1.82, 2.24) is 0 Å². The summed E-state index contributed by atoms with van der Waals surface area (Å²) in [6.07, 6.45) is 8.11. The standard InChI is InChI=1S/C13H26O2/c1-3-4-9-12(2)13(15)10-7-5-6-8-11-14/h12,14H,3-11H2,1-2H3. The largest absolute Gasteiger partial charge is 0.396 e. The Labute approximate surface area is 94.1 Å². The van der Waals surface area contributed by atoms with Crippen LogP contribution < -0.4 is 0 Å². The molecular formula is C13H26O2. The molecular weight excluding hydrogens is 188 g/mol. The smallest absolute Gasteiger partial charge is 0.135 e. The van der Waals surface area contributed by atoms with E-state index in [1.807, 2.05) is 6.92 Å². The molecule has 0 aliphatic rings. The van der Waals surface area contributed by atoms with Crippen LogP contribution in [0.2, 0.25) is 0 Å². The first kappa shape index (κ1) is 14.6. The minimum absolute atomic E-state index is 0.253. The lowest BCUT2D eigenvalue weighted by atomic mass is 9.96. The van der Waals surface area contributed by atoms with Crippen LogP contribution in [0.15, 0.2) is 0 Å². The Hall–Kier alpha value is -0.370. The van der Waals surface area contributed by atoms with Gasteiger partial charge in [-0.3, -0.25) is 4.79 Å². The summed E-state index contributed by atoms with van der Waals surface area (Å²) in [6, 6.07) is 0. The molecule has 1 unspecified atom stereocenters. The molecule has 0 heterocycles. The lowest BCUT2D eigenvalue weighted by Crippen LogP contribution is -2.10. The molecule has 15 heavy (non-hydrogen) atoms. The molecule has 1 N–H and O–H groups in total. The van der Waals surface area contributed by atoms with Crippen molar-refractivity contribution in [3.63, 3.8) is 0 Å². The summed E-state index contributed by atoms with van der Waals surface area (Å²) in [5.74, 6) is 0.676. The van der Waals surface area contributed by atoms with E-state index in [0.29, 0.717) is 5.78 Å². The quantitative estimate of drug-likeness (QED) is 0.566. The maximum absolute atomic E-state index is 11.6. The van der Waals surface area contributed by atoms with E-state index in [0.717, 1.165) is 44.9 Å². The fourth-order valence-corrected chi connectivity index (χ4v) is 1.68. The summed E-state index contributed by atoms with van der Waals surface area (Å²) in [5.41, 5.74) is 0. The molecule has 0 aliphatic carbocycles. The first-order valence-corrected chi connectivity index (χ1v) is 6.36. The van der Waals surface area contributed by atoms with Crippen molar-refractivity contribution in [2.24, 2.45) is 5.92 Å². The van der Waals surface area contributed by atoms with E-state index in [9.17, 15) is 4.79 Å². The Bertz CT molecular complexity index is 155. The number of hydrogen-bond donors (Lipinski definition) is 1. The van der Waals surface area contributed by atoms with E-state index >= 15 is 0 Å². The highest BCUT2D eigenvalue weighted by molar-refractivity contribution is 5.80. The van der Waals surface area contributed by atoms with Gasteiger partial charge >= 0.3 is 0 Å². The van der Waals surface area contributed by atoms with Crippen molar-refractivity contribution in [3.05, 3.63) is 0 Å². The Kier molecular flexibility index (Phi) is 9.91. The number of carbonyl (C=O) groups excluding carboxylic acids is 1. The van der Waals surface area contributed by atoms with Crippen molar-refractivity contribution in [2.75, 3.05) is 6.61 Å². The van der Waals surface area contributed by atoms with Crippen molar-refractivity contribution >= 4 is 5.78 Å². The van der Waals surface area contributed by atoms with Crippen molar-refractivity contribution < 1.29 is 9.90 Å². The summed E-state index contributed by atoms with van der Waals surface area (Å²) in [4.78, 5) is 11.6. The van der Waals surface area contributed by atoms with Gasteiger partial charge in [-0.05, 0) is 19.3 Å². The number of rotatable bonds is 10. The van der Waals surface area contributed by atoms with E-state index in [4.69, 9.17) is 5.11 Å². The van der Waals surface area contributed by atoms with Crippen LogP contribution in [0.5, 0.6) is 0 Å². The summed E-state index contributed by atoms with van der Waals surface area (Å²) in [7, 11) is 0. The van der Waals surface area contributed by atoms with Crippen LogP contribution in [0.3, 0.4) is 0 Å². The molecule has 0 amide bonds. The van der Waals surface area contributed by atoms with Crippen molar-refractivity contribution in [2.45, 2.75) is 65.2 Å². The van der Waals surface area contributed by atoms with Crippen LogP contribution in [0.1, 0.15) is 65.2 Å². The highest BCUT2D eigenvalue weighted by Crippen LogP contribution is 2.13. The molecule has 0 aromatic carbocycles. The normalized spacial score (nSPS) is 12.7. The average Bonchev–Trinajstić information content (AvgIpc) is 2.25. The molecule has 0 bridgehead atoms. The van der Waals surface area contributed by atoms with E-state index < -0.39 is 0 Å². The molecule has 0 aromatic rings. The van der Waals surface area contributed by atoms with Crippen molar-refractivity contribution in [1.29, 1.82) is 0 Å². The van der Waals surface area contributed by atoms with E-state index in [2.05, 4.69) is 6.92 Å². The highest BCUT2D eigenvalue weighted by atomic mass is 16.2. The third kappa shape index (κ3) is 8.61. The maximum Gasteiger partial charge on any atom is 0.135 e. The molecule has 2 nitrogen and oxygen atoms in total. The number of aliphatic hydroxyl groups excluding tert-OH is 1. The van der Waals surface area contributed by atoms with E-state index in [1.165, 1.54) is 6.42 Å². The van der Waals surface area contributed by atoms with E-state index in [1.54, 1.807) is 0 Å². The van der Waals surface area contributed by atoms with Gasteiger partial charge in [0.05, 0.1) is 0 Å². The topological polar surface area (TPSA) is 37.3 Å². The molecule has 0 fully saturated rings. The van der Waals surface area contributed by atoms with Gasteiger partial charge in [-0.25, -0.2) is 0 Å². The number of Topliss-reactive ketones (excluding diaryl/α,β-unsaturated/α-hetero) is 1. The Morgan fingerprint density at radius 3 is 2.40 bits per heavy atom. The Balaban J connectivity index is 3.38. The molecule has 0 saturated heterocycles. The predicted octanol–water partition coefficient (Wildman–Crippen LogP) is 3.32. The number of hydrogen-bond acceptors (Lipinski definition) is 2. The number of carbonyl (C=O) groups is 1. The molecule has 2 heteroatoms. The number of unbranched alkanes of at least 4 members (excludes halogenated alkanes) is 4. The van der Waals surface area contributed by atoms with Gasteiger partial charge in [-0.15, -0.1) is 0 Å². The second-order valence-electron chi connectivity index (χ2n) is 4.40. The maximum atomic E-state index is 11.6. The summed E-state index contributed by atoms with van der Waals surface area (Å²) in [6.45, 7) is 4.48. The zero-order valence-electron chi connectivity index (χ0n) is 10.3. The van der Waals surface area contributed by atoms with Gasteiger partial charge in [0, 0.05) is 18.9 Å². The summed E-state index contributed by atoms with van der Waals surface area (Å²) >= 11 is 0. The lowest BCUT2D eigenvalue weighted by molar-refractivity contribution is -0.122. The Morgan fingerprint density at radius 1 is 1.13 bits per heavy atom. The lowest BCUT2D eigenvalue weighted by Gasteiger charge is -2.09. The van der Waals surface area contributed by atoms with Gasteiger partial charge in [0.2, 0.25) is 0 Å². The zero-order chi connectivity index (χ0) is 11.5. The van der Waals surface area contributed by atoms with Crippen molar-refractivity contribution in [3.8, 4) is 0 Å². The molecule has 90 valence electrons. The van der Waals surface area contributed by atoms with Gasteiger partial charge in [-0.1, -0.05) is 39.5 Å². The van der Waals surface area contributed by atoms with Crippen LogP contribution in [-0.4, -0.2) is 17.5 Å². The van der Waals surface area contributed by atoms with Gasteiger partial charge in [-0.2, -0.15) is 0 Å². The molecule has 0 spiro atoms. The molecule has 0 saturated carbocycles. The molecule has 0 aliphatic heterocycles. The number of aliphatic hydroxyl groups is 1. The first-order valence-electron chi connectivity index (χ1n) is 6.36. The summed E-state index contributed by atoms with van der Waals surface area (Å²) in [5, 5.41) is 8.59. The minimum atomic E-state index is 0.253. The fraction of sp³-hybridized carbons (Fsp3) is 0.923. The van der Waals surface area contributed by atoms with Crippen LogP contribution in [0.25, 0.3) is 0 Å². The molecule has 1 atom stereocenters. The fourth-order valence-electron chi connectivity index (χ4n) is 1.68. The van der Waals surface area contributed by atoms with Crippen LogP contribution in [0.4, 0.5) is 0 Å². The second-order valence-corrected chi connectivity index (χ2v) is 4.40. The molecule has 0 rings (SSSR count). The van der Waals surface area contributed by atoms with Gasteiger partial charge in [0.1, 0.15) is 5.78 Å². The second kappa shape index (κ2) is 10.2. The SMILES string of the molecule is CCCCC(C)C(=O)CCCCCCO. The minimum Gasteiger partial charge on any atom is -0.396 e. The first-order chi connectivity index (χ1) is 7.22. The highest BCUT2D eigenvalue weighted by Gasteiger charge is 2.11. The van der Waals surface area contributed by atoms with E-state index in [-0.39, 0.29) is 12.5 Å². The van der Waals surface area contributed by atoms with Crippen LogP contribution in [-0.2, 0) is 4.79 Å². The molecule has 0 aromatic heterocycles. The third-order valence-corrected chi connectivity index (χ3v) is 2.87. The van der Waals surface area contributed by atoms with Gasteiger partial charge in [0.25, 0.3) is 0 Å². The zero-order valence-corrected chi connectivity index (χ0v) is 10.3. The van der Waals surface area contributed by atoms with Crippen LogP contribution >= 0.6 is 0 Å². The average molecular weight is 214 g/mol. The summed E-state index contributed by atoms with van der Waals surface area (Å²) < 4.78 is 0. The Morgan fingerprint density at radius 2 is 1.80 bits per heavy atom. The predicted molar refractivity (Wildman–Crippen MR) is 63.9 cm³/mol. The van der Waals surface area contributed by atoms with Crippen LogP contribution in [0, 0.1) is 5.92 Å². The third-order valence-electron chi connectivity index (χ3n) is 2.87. The number of ketones is 1.